The van der Waals surface area contributed by atoms with Gasteiger partial charge in [0, 0.05) is 44.1 Å². The van der Waals surface area contributed by atoms with Crippen molar-refractivity contribution in [2.24, 2.45) is 5.92 Å². The van der Waals surface area contributed by atoms with Crippen LogP contribution in [0.4, 0.5) is 0 Å². The van der Waals surface area contributed by atoms with Gasteiger partial charge in [-0.3, -0.25) is 14.9 Å². The lowest BCUT2D eigenvalue weighted by atomic mass is 9.97. The van der Waals surface area contributed by atoms with Crippen molar-refractivity contribution in [1.82, 2.24) is 14.9 Å². The van der Waals surface area contributed by atoms with E-state index in [0.29, 0.717) is 13.2 Å². The Balaban J connectivity index is 1.33. The Morgan fingerprint density at radius 3 is 2.68 bits per heavy atom. The molecule has 0 spiro atoms. The normalized spacial score (nSPS) is 19.6. The molecule has 1 aliphatic heterocycles. The van der Waals surface area contributed by atoms with E-state index in [1.165, 1.54) is 11.1 Å². The fourth-order valence-corrected chi connectivity index (χ4v) is 3.73. The van der Waals surface area contributed by atoms with Crippen LogP contribution in [0, 0.1) is 5.92 Å². The molecule has 0 amide bonds. The van der Waals surface area contributed by atoms with Gasteiger partial charge in [-0.2, -0.15) is 0 Å². The molecule has 144 valence electrons. The zero-order valence-electron chi connectivity index (χ0n) is 15.8. The molecule has 28 heavy (non-hydrogen) atoms. The van der Waals surface area contributed by atoms with Gasteiger partial charge in [-0.1, -0.05) is 18.2 Å². The summed E-state index contributed by atoms with van der Waals surface area (Å²) >= 11 is 0. The van der Waals surface area contributed by atoms with Crippen molar-refractivity contribution in [2.45, 2.75) is 25.7 Å². The van der Waals surface area contributed by atoms with Crippen LogP contribution in [-0.4, -0.2) is 39.2 Å². The van der Waals surface area contributed by atoms with E-state index in [2.05, 4.69) is 27.0 Å². The first-order chi connectivity index (χ1) is 13.8. The SMILES string of the molecule is O[C@H]1CN(Cc2cccc(OCc3ccccn3)c2)C[C@H]1Cc1ccncc1. The average Bonchev–Trinajstić information content (AvgIpc) is 3.07. The van der Waals surface area contributed by atoms with Gasteiger partial charge in [-0.05, 0) is 53.9 Å². The number of rotatable bonds is 7. The summed E-state index contributed by atoms with van der Waals surface area (Å²) in [5, 5.41) is 10.5. The summed E-state index contributed by atoms with van der Waals surface area (Å²) in [7, 11) is 0. The van der Waals surface area contributed by atoms with Gasteiger partial charge >= 0.3 is 0 Å². The monoisotopic (exact) mass is 375 g/mol. The van der Waals surface area contributed by atoms with Crippen LogP contribution in [-0.2, 0) is 19.6 Å². The first kappa shape index (κ1) is 18.6. The van der Waals surface area contributed by atoms with Crippen LogP contribution in [0.1, 0.15) is 16.8 Å². The first-order valence-corrected chi connectivity index (χ1v) is 9.67. The Morgan fingerprint density at radius 1 is 0.964 bits per heavy atom. The number of hydrogen-bond donors (Lipinski definition) is 1. The second kappa shape index (κ2) is 8.95. The highest BCUT2D eigenvalue weighted by Crippen LogP contribution is 2.24. The maximum atomic E-state index is 10.5. The molecule has 2 atom stereocenters. The van der Waals surface area contributed by atoms with E-state index >= 15 is 0 Å². The Labute approximate surface area is 165 Å². The Morgan fingerprint density at radius 2 is 1.86 bits per heavy atom. The van der Waals surface area contributed by atoms with Gasteiger partial charge in [0.05, 0.1) is 11.8 Å². The molecule has 5 heteroatoms. The molecule has 1 saturated heterocycles. The van der Waals surface area contributed by atoms with E-state index in [1.807, 2.05) is 54.9 Å². The highest BCUT2D eigenvalue weighted by molar-refractivity contribution is 5.29. The molecule has 3 heterocycles. The number of nitrogens with zero attached hydrogens (tertiary/aromatic N) is 3. The van der Waals surface area contributed by atoms with Crippen LogP contribution in [0.3, 0.4) is 0 Å². The van der Waals surface area contributed by atoms with Crippen LogP contribution in [0.15, 0.2) is 73.2 Å². The maximum absolute atomic E-state index is 10.5. The summed E-state index contributed by atoms with van der Waals surface area (Å²) in [5.74, 6) is 1.10. The van der Waals surface area contributed by atoms with Crippen LogP contribution in [0.2, 0.25) is 0 Å². The number of pyridine rings is 2. The number of hydrogen-bond acceptors (Lipinski definition) is 5. The highest BCUT2D eigenvalue weighted by Gasteiger charge is 2.31. The zero-order valence-corrected chi connectivity index (χ0v) is 15.8. The van der Waals surface area contributed by atoms with Gasteiger partial charge in [0.25, 0.3) is 0 Å². The number of aliphatic hydroxyl groups excluding tert-OH is 1. The third-order valence-electron chi connectivity index (χ3n) is 5.15. The third kappa shape index (κ3) is 4.94. The van der Waals surface area contributed by atoms with Gasteiger partial charge in [-0.25, -0.2) is 0 Å². The van der Waals surface area contributed by atoms with Gasteiger partial charge in [0.2, 0.25) is 0 Å². The topological polar surface area (TPSA) is 58.5 Å². The van der Waals surface area contributed by atoms with E-state index < -0.39 is 0 Å². The van der Waals surface area contributed by atoms with Gasteiger partial charge < -0.3 is 9.84 Å². The van der Waals surface area contributed by atoms with Crippen molar-refractivity contribution in [2.75, 3.05) is 13.1 Å². The predicted molar refractivity (Wildman–Crippen MR) is 108 cm³/mol. The number of benzene rings is 1. The Bertz CT molecular complexity index is 873. The molecule has 5 nitrogen and oxygen atoms in total. The molecule has 0 unspecified atom stereocenters. The van der Waals surface area contributed by atoms with Crippen molar-refractivity contribution >= 4 is 0 Å². The number of aromatic nitrogens is 2. The quantitative estimate of drug-likeness (QED) is 0.688. The average molecular weight is 375 g/mol. The third-order valence-corrected chi connectivity index (χ3v) is 5.15. The summed E-state index contributed by atoms with van der Waals surface area (Å²) in [6.07, 6.45) is 5.98. The molecular formula is C23H25N3O2. The lowest BCUT2D eigenvalue weighted by molar-refractivity contribution is 0.141. The molecule has 0 radical (unpaired) electrons. The van der Waals surface area contributed by atoms with Crippen molar-refractivity contribution < 1.29 is 9.84 Å². The minimum absolute atomic E-state index is 0.256. The van der Waals surface area contributed by atoms with Crippen molar-refractivity contribution in [3.63, 3.8) is 0 Å². The number of likely N-dealkylation sites (tertiary alicyclic amines) is 1. The Kier molecular flexibility index (Phi) is 5.95. The molecule has 1 fully saturated rings. The van der Waals surface area contributed by atoms with Crippen LogP contribution < -0.4 is 4.74 Å². The summed E-state index contributed by atoms with van der Waals surface area (Å²) in [5.41, 5.74) is 3.33. The summed E-state index contributed by atoms with van der Waals surface area (Å²) in [6, 6.07) is 18.0. The lowest BCUT2D eigenvalue weighted by Gasteiger charge is -2.16. The fraction of sp³-hybridized carbons (Fsp3) is 0.304. The second-order valence-electron chi connectivity index (χ2n) is 7.34. The van der Waals surface area contributed by atoms with Crippen molar-refractivity contribution in [3.8, 4) is 5.75 Å². The minimum Gasteiger partial charge on any atom is -0.487 e. The van der Waals surface area contributed by atoms with Gasteiger partial charge in [0.1, 0.15) is 12.4 Å². The standard InChI is InChI=1S/C23H25N3O2/c27-23-16-26(15-20(23)12-18-7-10-24-11-8-18)14-19-4-3-6-22(13-19)28-17-21-5-1-2-9-25-21/h1-11,13,20,23,27H,12,14-17H2/t20-,23+/m1/s1. The molecule has 1 aromatic carbocycles. The lowest BCUT2D eigenvalue weighted by Crippen LogP contribution is -2.21. The largest absolute Gasteiger partial charge is 0.487 e. The molecule has 1 aliphatic rings. The number of β-amino-alcohol motifs (C(OH)–C–C–N with tert-alkyl or cyclic N) is 1. The van der Waals surface area contributed by atoms with Crippen LogP contribution in [0.5, 0.6) is 5.75 Å². The van der Waals surface area contributed by atoms with E-state index in [9.17, 15) is 5.11 Å². The zero-order chi connectivity index (χ0) is 19.2. The second-order valence-corrected chi connectivity index (χ2v) is 7.34. The van der Waals surface area contributed by atoms with E-state index in [1.54, 1.807) is 6.20 Å². The molecule has 0 aliphatic carbocycles. The maximum Gasteiger partial charge on any atom is 0.130 e. The van der Waals surface area contributed by atoms with Crippen LogP contribution in [0.25, 0.3) is 0 Å². The highest BCUT2D eigenvalue weighted by atomic mass is 16.5. The fourth-order valence-electron chi connectivity index (χ4n) is 3.73. The van der Waals surface area contributed by atoms with Crippen molar-refractivity contribution in [3.05, 3.63) is 90.0 Å². The molecule has 2 aromatic heterocycles. The molecule has 4 rings (SSSR count). The molecule has 0 saturated carbocycles. The number of ether oxygens (including phenoxy) is 1. The Hall–Kier alpha value is -2.76. The molecular weight excluding hydrogens is 350 g/mol. The first-order valence-electron chi connectivity index (χ1n) is 9.67. The van der Waals surface area contributed by atoms with Crippen molar-refractivity contribution in [1.29, 1.82) is 0 Å². The molecule has 0 bridgehead atoms. The van der Waals surface area contributed by atoms with E-state index in [-0.39, 0.29) is 12.0 Å². The van der Waals surface area contributed by atoms with Gasteiger partial charge in [0.15, 0.2) is 0 Å². The molecule has 1 N–H and O–H groups in total. The summed E-state index contributed by atoms with van der Waals surface area (Å²) < 4.78 is 5.88. The predicted octanol–water partition coefficient (Wildman–Crippen LogP) is 3.09. The summed E-state index contributed by atoms with van der Waals surface area (Å²) in [6.45, 7) is 2.86. The minimum atomic E-state index is -0.295. The van der Waals surface area contributed by atoms with Gasteiger partial charge in [-0.15, -0.1) is 0 Å². The van der Waals surface area contributed by atoms with E-state index in [4.69, 9.17) is 4.74 Å². The molecule has 3 aromatic rings. The van der Waals surface area contributed by atoms with Crippen LogP contribution >= 0.6 is 0 Å². The smallest absolute Gasteiger partial charge is 0.130 e. The summed E-state index contributed by atoms with van der Waals surface area (Å²) in [4.78, 5) is 10.7. The number of aliphatic hydroxyl groups is 1. The van der Waals surface area contributed by atoms with E-state index in [0.717, 1.165) is 31.0 Å².